The lowest BCUT2D eigenvalue weighted by Crippen LogP contribution is -2.30. The topological polar surface area (TPSA) is 71.0 Å². The Kier molecular flexibility index (Phi) is 5.63. The molecule has 6 nitrogen and oxygen atoms in total. The number of hydrazone groups is 1. The number of rotatable bonds is 6. The SMILES string of the molecule is CCOc1ccc(/C=N\NC(=O)[C@@H]2CC(=O)N(c3ccccc3)C2)cc1. The fraction of sp³-hybridized carbons (Fsp3) is 0.250. The van der Waals surface area contributed by atoms with E-state index in [1.807, 2.05) is 61.5 Å². The predicted molar refractivity (Wildman–Crippen MR) is 100 cm³/mol. The molecule has 1 aliphatic rings. The maximum atomic E-state index is 12.3. The zero-order valence-corrected chi connectivity index (χ0v) is 14.6. The average Bonchev–Trinajstić information content (AvgIpc) is 3.06. The van der Waals surface area contributed by atoms with Crippen molar-refractivity contribution in [1.82, 2.24) is 5.43 Å². The highest BCUT2D eigenvalue weighted by Gasteiger charge is 2.34. The number of para-hydroxylation sites is 1. The normalized spacial score (nSPS) is 16.9. The molecule has 1 atom stereocenters. The molecule has 2 amide bonds. The Bertz CT molecular complexity index is 788. The van der Waals surface area contributed by atoms with Crippen molar-refractivity contribution in [2.75, 3.05) is 18.1 Å². The van der Waals surface area contributed by atoms with Crippen LogP contribution in [0.5, 0.6) is 5.75 Å². The van der Waals surface area contributed by atoms with Crippen molar-refractivity contribution in [2.24, 2.45) is 11.0 Å². The van der Waals surface area contributed by atoms with E-state index in [0.717, 1.165) is 17.0 Å². The summed E-state index contributed by atoms with van der Waals surface area (Å²) in [5, 5.41) is 3.99. The quantitative estimate of drug-likeness (QED) is 0.642. The van der Waals surface area contributed by atoms with Gasteiger partial charge in [-0.25, -0.2) is 5.43 Å². The molecular weight excluding hydrogens is 330 g/mol. The van der Waals surface area contributed by atoms with Crippen LogP contribution in [0.4, 0.5) is 5.69 Å². The molecule has 0 aliphatic carbocycles. The van der Waals surface area contributed by atoms with Gasteiger partial charge in [-0.05, 0) is 48.9 Å². The third-order valence-corrected chi connectivity index (χ3v) is 4.14. The molecule has 1 aliphatic heterocycles. The Morgan fingerprint density at radius 3 is 2.65 bits per heavy atom. The van der Waals surface area contributed by atoms with Gasteiger partial charge >= 0.3 is 0 Å². The third kappa shape index (κ3) is 4.27. The van der Waals surface area contributed by atoms with Gasteiger partial charge in [-0.2, -0.15) is 5.10 Å². The number of hydrogen-bond donors (Lipinski definition) is 1. The predicted octanol–water partition coefficient (Wildman–Crippen LogP) is 2.59. The van der Waals surface area contributed by atoms with Crippen molar-refractivity contribution in [3.8, 4) is 5.75 Å². The van der Waals surface area contributed by atoms with E-state index in [1.54, 1.807) is 11.1 Å². The number of nitrogens with one attached hydrogen (secondary N) is 1. The minimum Gasteiger partial charge on any atom is -0.494 e. The average molecular weight is 351 g/mol. The molecule has 0 saturated carbocycles. The van der Waals surface area contributed by atoms with E-state index in [4.69, 9.17) is 4.74 Å². The molecule has 0 bridgehead atoms. The van der Waals surface area contributed by atoms with Gasteiger partial charge < -0.3 is 9.64 Å². The molecule has 1 fully saturated rings. The van der Waals surface area contributed by atoms with Crippen LogP contribution in [-0.4, -0.2) is 31.2 Å². The fourth-order valence-electron chi connectivity index (χ4n) is 2.82. The van der Waals surface area contributed by atoms with Crippen LogP contribution in [0.25, 0.3) is 0 Å². The molecule has 134 valence electrons. The second-order valence-electron chi connectivity index (χ2n) is 5.98. The largest absolute Gasteiger partial charge is 0.494 e. The second-order valence-corrected chi connectivity index (χ2v) is 5.98. The van der Waals surface area contributed by atoms with E-state index < -0.39 is 5.92 Å². The molecule has 0 radical (unpaired) electrons. The number of hydrogen-bond acceptors (Lipinski definition) is 4. The molecule has 3 rings (SSSR count). The summed E-state index contributed by atoms with van der Waals surface area (Å²) in [5.41, 5.74) is 4.19. The summed E-state index contributed by atoms with van der Waals surface area (Å²) in [4.78, 5) is 26.1. The summed E-state index contributed by atoms with van der Waals surface area (Å²) in [6, 6.07) is 16.8. The maximum Gasteiger partial charge on any atom is 0.245 e. The Morgan fingerprint density at radius 2 is 1.96 bits per heavy atom. The Labute approximate surface area is 152 Å². The first-order valence-electron chi connectivity index (χ1n) is 8.58. The number of carbonyl (C=O) groups excluding carboxylic acids is 2. The molecular formula is C20H21N3O3. The summed E-state index contributed by atoms with van der Waals surface area (Å²) in [5.74, 6) is 0.0881. The van der Waals surface area contributed by atoms with Crippen LogP contribution in [0, 0.1) is 5.92 Å². The molecule has 0 aromatic heterocycles. The first-order chi connectivity index (χ1) is 12.7. The van der Waals surface area contributed by atoms with Crippen LogP contribution in [-0.2, 0) is 9.59 Å². The summed E-state index contributed by atoms with van der Waals surface area (Å²) < 4.78 is 5.38. The van der Waals surface area contributed by atoms with E-state index in [2.05, 4.69) is 10.5 Å². The van der Waals surface area contributed by atoms with E-state index in [-0.39, 0.29) is 18.2 Å². The van der Waals surface area contributed by atoms with Crippen molar-refractivity contribution in [1.29, 1.82) is 0 Å². The zero-order chi connectivity index (χ0) is 18.4. The monoisotopic (exact) mass is 351 g/mol. The standard InChI is InChI=1S/C20H21N3O3/c1-2-26-18-10-8-15(9-11-18)13-21-22-20(25)16-12-19(24)23(14-16)17-6-4-3-5-7-17/h3-11,13,16H,2,12,14H2,1H3,(H,22,25)/b21-13-/t16-/m1/s1. The summed E-state index contributed by atoms with van der Waals surface area (Å²) in [6.45, 7) is 2.91. The Balaban J connectivity index is 1.54. The second kappa shape index (κ2) is 8.29. The van der Waals surface area contributed by atoms with Gasteiger partial charge in [0, 0.05) is 18.7 Å². The summed E-state index contributed by atoms with van der Waals surface area (Å²) in [6.07, 6.45) is 1.76. The first-order valence-corrected chi connectivity index (χ1v) is 8.58. The van der Waals surface area contributed by atoms with Gasteiger partial charge in [-0.3, -0.25) is 9.59 Å². The highest BCUT2D eigenvalue weighted by molar-refractivity contribution is 6.00. The number of benzene rings is 2. The van der Waals surface area contributed by atoms with Crippen molar-refractivity contribution in [3.05, 3.63) is 60.2 Å². The number of anilines is 1. The van der Waals surface area contributed by atoms with Gasteiger partial charge in [0.15, 0.2) is 0 Å². The molecule has 2 aromatic carbocycles. The highest BCUT2D eigenvalue weighted by atomic mass is 16.5. The van der Waals surface area contributed by atoms with Gasteiger partial charge in [0.25, 0.3) is 0 Å². The molecule has 2 aromatic rings. The van der Waals surface area contributed by atoms with E-state index in [1.165, 1.54) is 0 Å². The van der Waals surface area contributed by atoms with Gasteiger partial charge in [0.1, 0.15) is 5.75 Å². The molecule has 1 N–H and O–H groups in total. The molecule has 1 heterocycles. The third-order valence-electron chi connectivity index (χ3n) is 4.14. The van der Waals surface area contributed by atoms with Crippen LogP contribution in [0.3, 0.4) is 0 Å². The smallest absolute Gasteiger partial charge is 0.245 e. The summed E-state index contributed by atoms with van der Waals surface area (Å²) in [7, 11) is 0. The van der Waals surface area contributed by atoms with Crippen molar-refractivity contribution >= 4 is 23.7 Å². The van der Waals surface area contributed by atoms with Gasteiger partial charge in [0.2, 0.25) is 11.8 Å². The molecule has 0 unspecified atom stereocenters. The molecule has 0 spiro atoms. The van der Waals surface area contributed by atoms with Crippen molar-refractivity contribution in [3.63, 3.8) is 0 Å². The number of nitrogens with zero attached hydrogens (tertiary/aromatic N) is 2. The van der Waals surface area contributed by atoms with Crippen molar-refractivity contribution in [2.45, 2.75) is 13.3 Å². The van der Waals surface area contributed by atoms with Gasteiger partial charge in [0.05, 0.1) is 18.7 Å². The van der Waals surface area contributed by atoms with E-state index >= 15 is 0 Å². The number of ether oxygens (including phenoxy) is 1. The van der Waals surface area contributed by atoms with E-state index in [9.17, 15) is 9.59 Å². The molecule has 26 heavy (non-hydrogen) atoms. The number of carbonyl (C=O) groups is 2. The molecule has 1 saturated heterocycles. The zero-order valence-electron chi connectivity index (χ0n) is 14.6. The lowest BCUT2D eigenvalue weighted by molar-refractivity contribution is -0.126. The molecule has 6 heteroatoms. The van der Waals surface area contributed by atoms with E-state index in [0.29, 0.717) is 13.2 Å². The fourth-order valence-corrected chi connectivity index (χ4v) is 2.82. The minimum atomic E-state index is -0.403. The summed E-state index contributed by atoms with van der Waals surface area (Å²) >= 11 is 0. The van der Waals surface area contributed by atoms with Crippen LogP contribution in [0.1, 0.15) is 18.9 Å². The lowest BCUT2D eigenvalue weighted by Gasteiger charge is -2.16. The Morgan fingerprint density at radius 1 is 1.23 bits per heavy atom. The van der Waals surface area contributed by atoms with Crippen LogP contribution in [0.15, 0.2) is 59.7 Å². The van der Waals surface area contributed by atoms with Gasteiger partial charge in [-0.1, -0.05) is 18.2 Å². The highest BCUT2D eigenvalue weighted by Crippen LogP contribution is 2.24. The van der Waals surface area contributed by atoms with Crippen LogP contribution < -0.4 is 15.1 Å². The first kappa shape index (κ1) is 17.7. The van der Waals surface area contributed by atoms with Crippen LogP contribution >= 0.6 is 0 Å². The maximum absolute atomic E-state index is 12.3. The number of amides is 2. The van der Waals surface area contributed by atoms with Gasteiger partial charge in [-0.15, -0.1) is 0 Å². The van der Waals surface area contributed by atoms with Crippen LogP contribution in [0.2, 0.25) is 0 Å². The minimum absolute atomic E-state index is 0.0492. The van der Waals surface area contributed by atoms with Crippen molar-refractivity contribution < 1.29 is 14.3 Å². The Hall–Kier alpha value is -3.15. The lowest BCUT2D eigenvalue weighted by atomic mass is 10.1.